The molecule has 0 aliphatic carbocycles. The highest BCUT2D eigenvalue weighted by molar-refractivity contribution is 9.10. The van der Waals surface area contributed by atoms with Crippen molar-refractivity contribution in [1.29, 1.82) is 0 Å². The molecule has 6 nitrogen and oxygen atoms in total. The van der Waals surface area contributed by atoms with Crippen LogP contribution in [0.25, 0.3) is 5.69 Å². The monoisotopic (exact) mass is 417 g/mol. The van der Waals surface area contributed by atoms with Crippen molar-refractivity contribution in [3.8, 4) is 11.4 Å². The second kappa shape index (κ2) is 7.49. The van der Waals surface area contributed by atoms with Gasteiger partial charge in [0.15, 0.2) is 11.4 Å². The van der Waals surface area contributed by atoms with Gasteiger partial charge in [-0.25, -0.2) is 4.39 Å². The van der Waals surface area contributed by atoms with Gasteiger partial charge in [0, 0.05) is 10.2 Å². The summed E-state index contributed by atoms with van der Waals surface area (Å²) in [5.41, 5.74) is 0.298. The van der Waals surface area contributed by atoms with E-state index in [1.807, 2.05) is 6.07 Å². The quantitative estimate of drug-likeness (QED) is 0.705. The van der Waals surface area contributed by atoms with Crippen molar-refractivity contribution in [3.63, 3.8) is 0 Å². The molecule has 3 rings (SSSR count). The van der Waals surface area contributed by atoms with Crippen LogP contribution in [0.15, 0.2) is 63.9 Å². The van der Waals surface area contributed by atoms with Gasteiger partial charge >= 0.3 is 0 Å². The number of ether oxygens (including phenoxy) is 1. The Hall–Kier alpha value is -3.00. The Labute approximate surface area is 156 Å². The summed E-state index contributed by atoms with van der Waals surface area (Å²) in [7, 11) is 1.34. The Balaban J connectivity index is 2.02. The third-order valence-corrected chi connectivity index (χ3v) is 3.98. The molecule has 1 N–H and O–H groups in total. The number of amides is 1. The SMILES string of the molecule is COc1cc(=O)n(-c2ccc(F)cc2)nc1C(=O)Nc1cccc(Br)c1. The lowest BCUT2D eigenvalue weighted by atomic mass is 10.2. The third-order valence-electron chi connectivity index (χ3n) is 3.49. The Morgan fingerprint density at radius 2 is 1.92 bits per heavy atom. The smallest absolute Gasteiger partial charge is 0.280 e. The van der Waals surface area contributed by atoms with E-state index in [1.165, 1.54) is 31.4 Å². The van der Waals surface area contributed by atoms with Crippen LogP contribution in [0.1, 0.15) is 10.5 Å². The maximum Gasteiger partial charge on any atom is 0.280 e. The predicted molar refractivity (Wildman–Crippen MR) is 98.4 cm³/mol. The lowest BCUT2D eigenvalue weighted by molar-refractivity contribution is 0.101. The average molecular weight is 418 g/mol. The number of anilines is 1. The number of halogens is 2. The van der Waals surface area contributed by atoms with Crippen LogP contribution < -0.4 is 15.6 Å². The molecule has 0 aliphatic heterocycles. The molecule has 1 heterocycles. The average Bonchev–Trinajstić information content (AvgIpc) is 2.62. The number of nitrogens with zero attached hydrogens (tertiary/aromatic N) is 2. The fourth-order valence-electron chi connectivity index (χ4n) is 2.28. The van der Waals surface area contributed by atoms with Crippen LogP contribution in [-0.2, 0) is 0 Å². The van der Waals surface area contributed by atoms with Gasteiger partial charge in [-0.1, -0.05) is 22.0 Å². The van der Waals surface area contributed by atoms with E-state index in [0.29, 0.717) is 11.4 Å². The number of rotatable bonds is 4. The maximum atomic E-state index is 13.1. The Morgan fingerprint density at radius 3 is 2.58 bits per heavy atom. The van der Waals surface area contributed by atoms with E-state index < -0.39 is 17.3 Å². The van der Waals surface area contributed by atoms with Crippen molar-refractivity contribution < 1.29 is 13.9 Å². The van der Waals surface area contributed by atoms with Crippen LogP contribution in [0.4, 0.5) is 10.1 Å². The number of aromatic nitrogens is 2. The summed E-state index contributed by atoms with van der Waals surface area (Å²) in [5.74, 6) is -0.945. The van der Waals surface area contributed by atoms with Gasteiger partial charge in [0.2, 0.25) is 0 Å². The second-order valence-electron chi connectivity index (χ2n) is 5.25. The van der Waals surface area contributed by atoms with Gasteiger partial charge in [0.1, 0.15) is 5.82 Å². The zero-order valence-electron chi connectivity index (χ0n) is 13.6. The molecule has 0 atom stereocenters. The minimum absolute atomic E-state index is 0.0425. The van der Waals surface area contributed by atoms with Crippen LogP contribution in [0.2, 0.25) is 0 Å². The first-order valence-electron chi connectivity index (χ1n) is 7.49. The van der Waals surface area contributed by atoms with Crippen LogP contribution >= 0.6 is 15.9 Å². The molecule has 0 radical (unpaired) electrons. The van der Waals surface area contributed by atoms with Gasteiger partial charge in [0.05, 0.1) is 18.9 Å². The number of carbonyl (C=O) groups is 1. The molecule has 0 fully saturated rings. The summed E-state index contributed by atoms with van der Waals surface area (Å²) in [6, 6.07) is 13.4. The molecule has 1 amide bonds. The summed E-state index contributed by atoms with van der Waals surface area (Å²) in [6.45, 7) is 0. The van der Waals surface area contributed by atoms with E-state index in [9.17, 15) is 14.0 Å². The van der Waals surface area contributed by atoms with Crippen molar-refractivity contribution >= 4 is 27.5 Å². The molecule has 0 aliphatic rings. The molecule has 0 unspecified atom stereocenters. The van der Waals surface area contributed by atoms with Crippen molar-refractivity contribution in [2.75, 3.05) is 12.4 Å². The molecular weight excluding hydrogens is 405 g/mol. The topological polar surface area (TPSA) is 73.2 Å². The third kappa shape index (κ3) is 3.80. The van der Waals surface area contributed by atoms with Gasteiger partial charge in [-0.05, 0) is 42.5 Å². The molecule has 0 saturated carbocycles. The predicted octanol–water partition coefficient (Wildman–Crippen LogP) is 3.40. The molecule has 8 heteroatoms. The van der Waals surface area contributed by atoms with E-state index >= 15 is 0 Å². The summed E-state index contributed by atoms with van der Waals surface area (Å²) in [5, 5.41) is 6.79. The number of carbonyl (C=O) groups excluding carboxylic acids is 1. The van der Waals surface area contributed by atoms with Gasteiger partial charge in [0.25, 0.3) is 11.5 Å². The first kappa shape index (κ1) is 17.8. The zero-order chi connectivity index (χ0) is 18.7. The minimum atomic E-state index is -0.546. The van der Waals surface area contributed by atoms with Crippen LogP contribution in [0.3, 0.4) is 0 Å². The van der Waals surface area contributed by atoms with Gasteiger partial charge in [-0.3, -0.25) is 9.59 Å². The van der Waals surface area contributed by atoms with E-state index in [4.69, 9.17) is 4.74 Å². The van der Waals surface area contributed by atoms with E-state index in [1.54, 1.807) is 18.2 Å². The number of nitrogens with one attached hydrogen (secondary N) is 1. The fraction of sp³-hybridized carbons (Fsp3) is 0.0556. The molecule has 0 bridgehead atoms. The van der Waals surface area contributed by atoms with E-state index in [2.05, 4.69) is 26.3 Å². The Kier molecular flexibility index (Phi) is 5.13. The summed E-state index contributed by atoms with van der Waals surface area (Å²) in [6.07, 6.45) is 0. The molecule has 1 aromatic heterocycles. The molecule has 0 spiro atoms. The number of hydrogen-bond acceptors (Lipinski definition) is 4. The Morgan fingerprint density at radius 1 is 1.19 bits per heavy atom. The largest absolute Gasteiger partial charge is 0.494 e. The van der Waals surface area contributed by atoms with Crippen molar-refractivity contribution in [2.24, 2.45) is 0 Å². The summed E-state index contributed by atoms with van der Waals surface area (Å²) < 4.78 is 20.0. The molecule has 132 valence electrons. The molecule has 3 aromatic rings. The van der Waals surface area contributed by atoms with Crippen LogP contribution in [0.5, 0.6) is 5.75 Å². The lowest BCUT2D eigenvalue weighted by Crippen LogP contribution is -2.26. The maximum absolute atomic E-state index is 13.1. The number of benzene rings is 2. The standard InChI is InChI=1S/C18H13BrFN3O3/c1-26-15-10-16(24)23(14-7-5-12(20)6-8-14)22-17(15)18(25)21-13-4-2-3-11(19)9-13/h2-10H,1H3,(H,21,25). The second-order valence-corrected chi connectivity index (χ2v) is 6.17. The highest BCUT2D eigenvalue weighted by Crippen LogP contribution is 2.19. The first-order valence-corrected chi connectivity index (χ1v) is 8.28. The normalized spacial score (nSPS) is 10.4. The molecule has 0 saturated heterocycles. The highest BCUT2D eigenvalue weighted by atomic mass is 79.9. The molecule has 26 heavy (non-hydrogen) atoms. The number of hydrogen-bond donors (Lipinski definition) is 1. The summed E-state index contributed by atoms with van der Waals surface area (Å²) >= 11 is 3.33. The van der Waals surface area contributed by atoms with Crippen molar-refractivity contribution in [3.05, 3.63) is 80.9 Å². The highest BCUT2D eigenvalue weighted by Gasteiger charge is 2.18. The van der Waals surface area contributed by atoms with Crippen LogP contribution in [-0.4, -0.2) is 22.8 Å². The van der Waals surface area contributed by atoms with E-state index in [-0.39, 0.29) is 11.4 Å². The lowest BCUT2D eigenvalue weighted by Gasteiger charge is -2.11. The van der Waals surface area contributed by atoms with Crippen molar-refractivity contribution in [1.82, 2.24) is 9.78 Å². The van der Waals surface area contributed by atoms with Crippen molar-refractivity contribution in [2.45, 2.75) is 0 Å². The summed E-state index contributed by atoms with van der Waals surface area (Å²) in [4.78, 5) is 24.9. The van der Waals surface area contributed by atoms with Crippen LogP contribution in [0, 0.1) is 5.82 Å². The minimum Gasteiger partial charge on any atom is -0.494 e. The van der Waals surface area contributed by atoms with Gasteiger partial charge in [-0.2, -0.15) is 9.78 Å². The molecule has 2 aromatic carbocycles. The van der Waals surface area contributed by atoms with E-state index in [0.717, 1.165) is 15.2 Å². The molecular formula is C18H13BrFN3O3. The zero-order valence-corrected chi connectivity index (χ0v) is 15.2. The number of methoxy groups -OCH3 is 1. The fourth-order valence-corrected chi connectivity index (χ4v) is 2.68. The first-order chi connectivity index (χ1) is 12.5. The van der Waals surface area contributed by atoms with Gasteiger partial charge in [-0.15, -0.1) is 0 Å². The Bertz CT molecular complexity index is 1020. The van der Waals surface area contributed by atoms with Gasteiger partial charge < -0.3 is 10.1 Å².